The lowest BCUT2D eigenvalue weighted by Gasteiger charge is -2.18. The summed E-state index contributed by atoms with van der Waals surface area (Å²) in [6.07, 6.45) is 5.23. The third kappa shape index (κ3) is 1.61. The Morgan fingerprint density at radius 3 is 2.65 bits per heavy atom. The van der Waals surface area contributed by atoms with Crippen molar-refractivity contribution in [3.8, 4) is 11.3 Å². The topological polar surface area (TPSA) is 32.9 Å². The third-order valence-corrected chi connectivity index (χ3v) is 4.97. The summed E-state index contributed by atoms with van der Waals surface area (Å²) in [5.74, 6) is 0.531. The SMILES string of the molecule is O=c1[nH]c2c(c3c1CCCC3)Cc1c(CCl)cccc1-2. The van der Waals surface area contributed by atoms with Crippen LogP contribution >= 0.6 is 11.6 Å². The molecule has 1 N–H and O–H groups in total. The molecule has 0 atom stereocenters. The van der Waals surface area contributed by atoms with E-state index in [0.717, 1.165) is 36.9 Å². The highest BCUT2D eigenvalue weighted by Gasteiger charge is 2.27. The number of halogens is 1. The predicted molar refractivity (Wildman–Crippen MR) is 81.5 cm³/mol. The van der Waals surface area contributed by atoms with Crippen molar-refractivity contribution in [1.29, 1.82) is 0 Å². The Bertz CT molecular complexity index is 760. The molecule has 2 aromatic rings. The van der Waals surface area contributed by atoms with E-state index in [1.807, 2.05) is 6.07 Å². The summed E-state index contributed by atoms with van der Waals surface area (Å²) < 4.78 is 0. The summed E-state index contributed by atoms with van der Waals surface area (Å²) in [5, 5.41) is 0. The predicted octanol–water partition coefficient (Wildman–Crippen LogP) is 3.56. The Balaban J connectivity index is 2.00. The average Bonchev–Trinajstić information content (AvgIpc) is 2.86. The summed E-state index contributed by atoms with van der Waals surface area (Å²) in [6, 6.07) is 6.22. The zero-order valence-corrected chi connectivity index (χ0v) is 12.0. The summed E-state index contributed by atoms with van der Waals surface area (Å²) in [6.45, 7) is 0. The fourth-order valence-electron chi connectivity index (χ4n) is 3.71. The molecular weight excluding hydrogens is 270 g/mol. The highest BCUT2D eigenvalue weighted by atomic mass is 35.5. The van der Waals surface area contributed by atoms with E-state index in [1.165, 1.54) is 34.2 Å². The Kier molecular flexibility index (Phi) is 2.74. The summed E-state index contributed by atoms with van der Waals surface area (Å²) in [7, 11) is 0. The van der Waals surface area contributed by atoms with Crippen LogP contribution in [0.25, 0.3) is 11.3 Å². The lowest BCUT2D eigenvalue weighted by Crippen LogP contribution is -2.21. The molecule has 4 rings (SSSR count). The van der Waals surface area contributed by atoms with Gasteiger partial charge in [0.25, 0.3) is 5.56 Å². The lowest BCUT2D eigenvalue weighted by molar-refractivity contribution is 0.672. The molecule has 0 fully saturated rings. The van der Waals surface area contributed by atoms with Crippen molar-refractivity contribution in [3.63, 3.8) is 0 Å². The Labute approximate surface area is 122 Å². The number of hydrogen-bond donors (Lipinski definition) is 1. The molecule has 2 aliphatic carbocycles. The Morgan fingerprint density at radius 2 is 1.85 bits per heavy atom. The number of nitrogens with one attached hydrogen (secondary N) is 1. The Hall–Kier alpha value is -1.54. The first-order chi connectivity index (χ1) is 9.79. The quantitative estimate of drug-likeness (QED) is 0.681. The van der Waals surface area contributed by atoms with Gasteiger partial charge in [0.2, 0.25) is 0 Å². The van der Waals surface area contributed by atoms with Gasteiger partial charge in [-0.3, -0.25) is 4.79 Å². The highest BCUT2D eigenvalue weighted by Crippen LogP contribution is 2.40. The number of fused-ring (bicyclic) bond motifs is 5. The zero-order chi connectivity index (χ0) is 13.7. The molecule has 0 radical (unpaired) electrons. The number of rotatable bonds is 1. The van der Waals surface area contributed by atoms with Gasteiger partial charge in [-0.25, -0.2) is 0 Å². The third-order valence-electron chi connectivity index (χ3n) is 4.69. The number of aromatic amines is 1. The van der Waals surface area contributed by atoms with E-state index in [9.17, 15) is 4.79 Å². The van der Waals surface area contributed by atoms with Gasteiger partial charge in [-0.1, -0.05) is 18.2 Å². The lowest BCUT2D eigenvalue weighted by atomic mass is 9.88. The first-order valence-electron chi connectivity index (χ1n) is 7.23. The summed E-state index contributed by atoms with van der Waals surface area (Å²) in [4.78, 5) is 15.4. The van der Waals surface area contributed by atoms with E-state index in [2.05, 4.69) is 17.1 Å². The van der Waals surface area contributed by atoms with Gasteiger partial charge in [0.15, 0.2) is 0 Å². The second-order valence-corrected chi connectivity index (χ2v) is 5.99. The normalized spacial score (nSPS) is 15.7. The summed E-state index contributed by atoms with van der Waals surface area (Å²) in [5.41, 5.74) is 8.48. The molecule has 0 bridgehead atoms. The van der Waals surface area contributed by atoms with E-state index in [-0.39, 0.29) is 5.56 Å². The molecule has 0 saturated carbocycles. The molecule has 102 valence electrons. The van der Waals surface area contributed by atoms with Crippen molar-refractivity contribution in [2.45, 2.75) is 38.0 Å². The first kappa shape index (κ1) is 12.2. The van der Waals surface area contributed by atoms with Crippen molar-refractivity contribution in [2.24, 2.45) is 0 Å². The minimum Gasteiger partial charge on any atom is -0.321 e. The molecule has 20 heavy (non-hydrogen) atoms. The number of benzene rings is 1. The molecular formula is C17H16ClNO. The van der Waals surface area contributed by atoms with Crippen LogP contribution in [0.3, 0.4) is 0 Å². The van der Waals surface area contributed by atoms with Crippen molar-refractivity contribution in [1.82, 2.24) is 4.98 Å². The van der Waals surface area contributed by atoms with E-state index in [0.29, 0.717) is 5.88 Å². The number of H-pyrrole nitrogens is 1. The fraction of sp³-hybridized carbons (Fsp3) is 0.353. The van der Waals surface area contributed by atoms with Crippen LogP contribution in [0.5, 0.6) is 0 Å². The van der Waals surface area contributed by atoms with Gasteiger partial charge in [0.1, 0.15) is 0 Å². The molecule has 2 aliphatic rings. The molecule has 3 heteroatoms. The molecule has 0 spiro atoms. The van der Waals surface area contributed by atoms with Crippen LogP contribution in [0.4, 0.5) is 0 Å². The van der Waals surface area contributed by atoms with Gasteiger partial charge >= 0.3 is 0 Å². The molecule has 0 amide bonds. The molecule has 2 nitrogen and oxygen atoms in total. The van der Waals surface area contributed by atoms with E-state index in [4.69, 9.17) is 11.6 Å². The van der Waals surface area contributed by atoms with Crippen LogP contribution in [0, 0.1) is 0 Å². The van der Waals surface area contributed by atoms with Crippen LogP contribution in [0.2, 0.25) is 0 Å². The van der Waals surface area contributed by atoms with E-state index in [1.54, 1.807) is 0 Å². The van der Waals surface area contributed by atoms with Crippen molar-refractivity contribution in [2.75, 3.05) is 0 Å². The van der Waals surface area contributed by atoms with Gasteiger partial charge in [-0.2, -0.15) is 0 Å². The second-order valence-electron chi connectivity index (χ2n) is 5.73. The maximum absolute atomic E-state index is 12.3. The number of aromatic nitrogens is 1. The minimum absolute atomic E-state index is 0.113. The molecule has 0 aliphatic heterocycles. The van der Waals surface area contributed by atoms with Crippen molar-refractivity contribution in [3.05, 3.63) is 56.4 Å². The van der Waals surface area contributed by atoms with Crippen molar-refractivity contribution < 1.29 is 0 Å². The van der Waals surface area contributed by atoms with Crippen LogP contribution in [-0.2, 0) is 25.1 Å². The van der Waals surface area contributed by atoms with Gasteiger partial charge in [-0.05, 0) is 47.9 Å². The van der Waals surface area contributed by atoms with Gasteiger partial charge in [0, 0.05) is 23.4 Å². The average molecular weight is 286 g/mol. The second kappa shape index (κ2) is 4.49. The largest absolute Gasteiger partial charge is 0.321 e. The molecule has 1 aromatic carbocycles. The first-order valence-corrected chi connectivity index (χ1v) is 7.77. The van der Waals surface area contributed by atoms with Crippen LogP contribution in [0.1, 0.15) is 40.7 Å². The maximum atomic E-state index is 12.3. The van der Waals surface area contributed by atoms with Gasteiger partial charge in [0.05, 0.1) is 5.69 Å². The minimum atomic E-state index is 0.113. The number of alkyl halides is 1. The van der Waals surface area contributed by atoms with Gasteiger partial charge in [-0.15, -0.1) is 11.6 Å². The monoisotopic (exact) mass is 285 g/mol. The van der Waals surface area contributed by atoms with Crippen molar-refractivity contribution >= 4 is 11.6 Å². The van der Waals surface area contributed by atoms with E-state index >= 15 is 0 Å². The molecule has 1 heterocycles. The highest BCUT2D eigenvalue weighted by molar-refractivity contribution is 6.17. The molecule has 1 aromatic heterocycles. The molecule has 0 saturated heterocycles. The van der Waals surface area contributed by atoms with Crippen LogP contribution in [-0.4, -0.2) is 4.98 Å². The summed E-state index contributed by atoms with van der Waals surface area (Å²) >= 11 is 6.06. The van der Waals surface area contributed by atoms with Gasteiger partial charge < -0.3 is 4.98 Å². The van der Waals surface area contributed by atoms with E-state index < -0.39 is 0 Å². The Morgan fingerprint density at radius 1 is 1.05 bits per heavy atom. The fourth-order valence-corrected chi connectivity index (χ4v) is 3.96. The number of pyridine rings is 1. The van der Waals surface area contributed by atoms with Crippen LogP contribution in [0.15, 0.2) is 23.0 Å². The number of hydrogen-bond acceptors (Lipinski definition) is 1. The molecule has 0 unspecified atom stereocenters. The van der Waals surface area contributed by atoms with Crippen LogP contribution < -0.4 is 5.56 Å². The maximum Gasteiger partial charge on any atom is 0.251 e. The smallest absolute Gasteiger partial charge is 0.251 e. The standard InChI is InChI=1S/C17H16ClNO/c18-9-10-4-3-7-12-14(10)8-15-11-5-1-2-6-13(11)17(20)19-16(12)15/h3-4,7H,1-2,5-6,8-9H2,(H,19,20). The zero-order valence-electron chi connectivity index (χ0n) is 11.3.